The molecule has 0 aromatic carbocycles. The second kappa shape index (κ2) is 11.0. The van der Waals surface area contributed by atoms with Crippen LogP contribution in [0.2, 0.25) is 0 Å². The van der Waals surface area contributed by atoms with Crippen LogP contribution < -0.4 is 0 Å². The first kappa shape index (κ1) is 13.9. The van der Waals surface area contributed by atoms with E-state index in [4.69, 9.17) is 9.47 Å². The molecule has 0 aliphatic rings. The number of rotatable bonds is 10. The summed E-state index contributed by atoms with van der Waals surface area (Å²) in [5.41, 5.74) is 0. The minimum atomic E-state index is 0.358. The van der Waals surface area contributed by atoms with E-state index in [1.54, 1.807) is 0 Å². The summed E-state index contributed by atoms with van der Waals surface area (Å²) < 4.78 is 10.8. The summed E-state index contributed by atoms with van der Waals surface area (Å²) in [6.45, 7) is 8.92. The SMILES string of the molecule is CCCOCCC[CH]CCOC(C)C. The van der Waals surface area contributed by atoms with Crippen molar-refractivity contribution in [3.63, 3.8) is 0 Å². The summed E-state index contributed by atoms with van der Waals surface area (Å²) in [6, 6.07) is 0. The first-order valence-electron chi connectivity index (χ1n) is 5.78. The second-order valence-corrected chi connectivity index (χ2v) is 3.75. The molecule has 0 fully saturated rings. The molecule has 0 amide bonds. The number of ether oxygens (including phenoxy) is 2. The Bertz CT molecular complexity index is 102. The first-order valence-corrected chi connectivity index (χ1v) is 5.78. The Morgan fingerprint density at radius 1 is 1.07 bits per heavy atom. The molecule has 2 heteroatoms. The molecule has 85 valence electrons. The number of hydrogen-bond acceptors (Lipinski definition) is 2. The molecule has 14 heavy (non-hydrogen) atoms. The molecular weight excluding hydrogens is 176 g/mol. The van der Waals surface area contributed by atoms with Crippen LogP contribution in [-0.4, -0.2) is 25.9 Å². The molecule has 0 aromatic rings. The molecule has 0 N–H and O–H groups in total. The summed E-state index contributed by atoms with van der Waals surface area (Å²) in [5.74, 6) is 0. The third-order valence-corrected chi connectivity index (χ3v) is 1.82. The summed E-state index contributed by atoms with van der Waals surface area (Å²) in [7, 11) is 0. The lowest BCUT2D eigenvalue weighted by Gasteiger charge is -2.06. The van der Waals surface area contributed by atoms with Gasteiger partial charge in [-0.3, -0.25) is 0 Å². The van der Waals surface area contributed by atoms with Gasteiger partial charge in [0, 0.05) is 19.8 Å². The van der Waals surface area contributed by atoms with Crippen LogP contribution in [0.1, 0.15) is 46.5 Å². The van der Waals surface area contributed by atoms with Crippen LogP contribution in [0.25, 0.3) is 0 Å². The zero-order chi connectivity index (χ0) is 10.6. The monoisotopic (exact) mass is 201 g/mol. The lowest BCUT2D eigenvalue weighted by Crippen LogP contribution is -2.04. The fourth-order valence-corrected chi connectivity index (χ4v) is 1.11. The van der Waals surface area contributed by atoms with Crippen molar-refractivity contribution in [1.82, 2.24) is 0 Å². The van der Waals surface area contributed by atoms with Crippen LogP contribution in [0, 0.1) is 6.42 Å². The van der Waals surface area contributed by atoms with Crippen molar-refractivity contribution in [3.05, 3.63) is 6.42 Å². The average Bonchev–Trinajstić information content (AvgIpc) is 2.15. The Labute approximate surface area is 89.0 Å². The van der Waals surface area contributed by atoms with Gasteiger partial charge >= 0.3 is 0 Å². The van der Waals surface area contributed by atoms with Crippen LogP contribution in [-0.2, 0) is 9.47 Å². The fourth-order valence-electron chi connectivity index (χ4n) is 1.11. The number of hydrogen-bond donors (Lipinski definition) is 0. The molecule has 0 atom stereocenters. The summed E-state index contributed by atoms with van der Waals surface area (Å²) >= 11 is 0. The van der Waals surface area contributed by atoms with Gasteiger partial charge in [0.2, 0.25) is 0 Å². The lowest BCUT2D eigenvalue weighted by atomic mass is 10.2. The quantitative estimate of drug-likeness (QED) is 0.505. The second-order valence-electron chi connectivity index (χ2n) is 3.75. The zero-order valence-electron chi connectivity index (χ0n) is 9.92. The Morgan fingerprint density at radius 2 is 1.86 bits per heavy atom. The standard InChI is InChI=1S/C12H25O2/c1-4-9-13-10-7-5-6-8-11-14-12(2)3/h6,12H,4-5,7-11H2,1-3H3. The van der Waals surface area contributed by atoms with Crippen LogP contribution in [0.4, 0.5) is 0 Å². The maximum absolute atomic E-state index is 5.42. The largest absolute Gasteiger partial charge is 0.381 e. The highest BCUT2D eigenvalue weighted by atomic mass is 16.5. The van der Waals surface area contributed by atoms with Crippen molar-refractivity contribution < 1.29 is 9.47 Å². The van der Waals surface area contributed by atoms with Crippen molar-refractivity contribution in [1.29, 1.82) is 0 Å². The molecule has 1 radical (unpaired) electrons. The Balaban J connectivity index is 2.85. The predicted molar refractivity (Wildman–Crippen MR) is 60.3 cm³/mol. The molecular formula is C12H25O2. The zero-order valence-corrected chi connectivity index (χ0v) is 9.92. The molecule has 0 spiro atoms. The van der Waals surface area contributed by atoms with Crippen molar-refractivity contribution >= 4 is 0 Å². The van der Waals surface area contributed by atoms with Gasteiger partial charge < -0.3 is 9.47 Å². The molecule has 0 saturated heterocycles. The van der Waals surface area contributed by atoms with E-state index in [1.807, 2.05) is 0 Å². The summed E-state index contributed by atoms with van der Waals surface area (Å²) in [5, 5.41) is 0. The molecule has 0 unspecified atom stereocenters. The van der Waals surface area contributed by atoms with E-state index < -0.39 is 0 Å². The molecule has 0 aliphatic heterocycles. The Hall–Kier alpha value is -0.0800. The third kappa shape index (κ3) is 11.9. The van der Waals surface area contributed by atoms with Crippen LogP contribution in [0.3, 0.4) is 0 Å². The molecule has 0 saturated carbocycles. The van der Waals surface area contributed by atoms with Crippen molar-refractivity contribution in [2.24, 2.45) is 0 Å². The summed E-state index contributed by atoms with van der Waals surface area (Å²) in [4.78, 5) is 0. The van der Waals surface area contributed by atoms with Crippen molar-refractivity contribution in [3.8, 4) is 0 Å². The highest BCUT2D eigenvalue weighted by Crippen LogP contribution is 2.00. The van der Waals surface area contributed by atoms with E-state index in [0.29, 0.717) is 6.10 Å². The topological polar surface area (TPSA) is 18.5 Å². The minimum absolute atomic E-state index is 0.358. The van der Waals surface area contributed by atoms with E-state index in [-0.39, 0.29) is 0 Å². The summed E-state index contributed by atoms with van der Waals surface area (Å²) in [6.07, 6.45) is 7.11. The Kier molecular flexibility index (Phi) is 10.9. The smallest absolute Gasteiger partial charge is 0.0518 e. The van der Waals surface area contributed by atoms with Gasteiger partial charge in [-0.2, -0.15) is 0 Å². The van der Waals surface area contributed by atoms with E-state index in [9.17, 15) is 0 Å². The van der Waals surface area contributed by atoms with E-state index in [1.165, 1.54) is 0 Å². The predicted octanol–water partition coefficient (Wildman–Crippen LogP) is 3.21. The van der Waals surface area contributed by atoms with Gasteiger partial charge in [-0.25, -0.2) is 0 Å². The van der Waals surface area contributed by atoms with Crippen LogP contribution >= 0.6 is 0 Å². The van der Waals surface area contributed by atoms with Gasteiger partial charge in [-0.1, -0.05) is 6.92 Å². The normalized spacial score (nSPS) is 11.1. The molecule has 0 rings (SSSR count). The molecule has 0 heterocycles. The molecule has 0 bridgehead atoms. The lowest BCUT2D eigenvalue weighted by molar-refractivity contribution is 0.0800. The van der Waals surface area contributed by atoms with Gasteiger partial charge in [-0.05, 0) is 46.0 Å². The maximum atomic E-state index is 5.42. The van der Waals surface area contributed by atoms with Crippen LogP contribution in [0.15, 0.2) is 0 Å². The van der Waals surface area contributed by atoms with Gasteiger partial charge in [0.25, 0.3) is 0 Å². The number of unbranched alkanes of at least 4 members (excludes halogenated alkanes) is 3. The third-order valence-electron chi connectivity index (χ3n) is 1.82. The highest BCUT2D eigenvalue weighted by molar-refractivity contribution is 4.63. The van der Waals surface area contributed by atoms with Crippen molar-refractivity contribution in [2.45, 2.75) is 52.6 Å². The molecule has 0 aliphatic carbocycles. The van der Waals surface area contributed by atoms with Crippen LogP contribution in [0.5, 0.6) is 0 Å². The average molecular weight is 201 g/mol. The van der Waals surface area contributed by atoms with E-state index in [0.717, 1.165) is 45.5 Å². The van der Waals surface area contributed by atoms with Gasteiger partial charge in [0.15, 0.2) is 0 Å². The van der Waals surface area contributed by atoms with E-state index in [2.05, 4.69) is 27.2 Å². The Morgan fingerprint density at radius 3 is 2.50 bits per heavy atom. The first-order chi connectivity index (χ1) is 6.77. The molecule has 2 nitrogen and oxygen atoms in total. The van der Waals surface area contributed by atoms with Crippen molar-refractivity contribution in [2.75, 3.05) is 19.8 Å². The van der Waals surface area contributed by atoms with Gasteiger partial charge in [-0.15, -0.1) is 0 Å². The van der Waals surface area contributed by atoms with Gasteiger partial charge in [0.05, 0.1) is 6.10 Å². The maximum Gasteiger partial charge on any atom is 0.0518 e. The highest BCUT2D eigenvalue weighted by Gasteiger charge is 1.94. The van der Waals surface area contributed by atoms with E-state index >= 15 is 0 Å². The van der Waals surface area contributed by atoms with Gasteiger partial charge in [0.1, 0.15) is 0 Å². The molecule has 0 aromatic heterocycles. The minimum Gasteiger partial charge on any atom is -0.381 e. The fraction of sp³-hybridized carbons (Fsp3) is 0.917.